The van der Waals surface area contributed by atoms with Crippen LogP contribution in [0.4, 0.5) is 0 Å². The summed E-state index contributed by atoms with van der Waals surface area (Å²) in [7, 11) is 0. The Morgan fingerprint density at radius 2 is 2.50 bits per heavy atom. The van der Waals surface area contributed by atoms with Crippen LogP contribution in [0.25, 0.3) is 0 Å². The smallest absolute Gasteiger partial charge is 0.0632 e. The number of aliphatic hydroxyl groups excluding tert-OH is 1. The van der Waals surface area contributed by atoms with Crippen LogP contribution in [0, 0.1) is 5.92 Å². The van der Waals surface area contributed by atoms with E-state index in [0.717, 1.165) is 13.1 Å². The van der Waals surface area contributed by atoms with Gasteiger partial charge in [0.1, 0.15) is 0 Å². The molecule has 3 atom stereocenters. The quantitative estimate of drug-likeness (QED) is 0.516. The van der Waals surface area contributed by atoms with E-state index in [1.807, 2.05) is 0 Å². The zero-order valence-electron chi connectivity index (χ0n) is 8.42. The van der Waals surface area contributed by atoms with Crippen LogP contribution >= 0.6 is 0 Å². The first kappa shape index (κ1) is 8.89. The second kappa shape index (κ2) is 3.05. The monoisotopic (exact) mass is 194 g/mol. The highest BCUT2D eigenvalue weighted by Gasteiger charge is 2.46. The minimum absolute atomic E-state index is 0.0570. The first-order chi connectivity index (χ1) is 6.84. The number of hydrogen-bond donors (Lipinski definition) is 3. The Labute approximate surface area is 84.6 Å². The van der Waals surface area contributed by atoms with Crippen molar-refractivity contribution >= 4 is 0 Å². The number of nitrogens with one attached hydrogen (secondary N) is 2. The van der Waals surface area contributed by atoms with Crippen molar-refractivity contribution < 1.29 is 5.11 Å². The highest BCUT2D eigenvalue weighted by atomic mass is 16.3. The number of fused-ring (bicyclic) bond motifs is 2. The SMILES string of the molecule is OC[C@]12CNC[C@@H]1C=C1CCC[C@@H]1N2. The van der Waals surface area contributed by atoms with E-state index in [4.69, 9.17) is 0 Å². The summed E-state index contributed by atoms with van der Waals surface area (Å²) in [5, 5.41) is 16.6. The third-order valence-electron chi connectivity index (χ3n) is 4.08. The zero-order valence-corrected chi connectivity index (χ0v) is 8.42. The van der Waals surface area contributed by atoms with E-state index >= 15 is 0 Å². The minimum atomic E-state index is -0.0570. The Bertz CT molecular complexity index is 276. The van der Waals surface area contributed by atoms with E-state index in [9.17, 15) is 5.11 Å². The fraction of sp³-hybridized carbons (Fsp3) is 0.818. The normalized spacial score (nSPS) is 45.9. The van der Waals surface area contributed by atoms with E-state index in [1.165, 1.54) is 19.3 Å². The summed E-state index contributed by atoms with van der Waals surface area (Å²) in [6.45, 7) is 2.18. The van der Waals surface area contributed by atoms with Crippen molar-refractivity contribution in [3.05, 3.63) is 11.6 Å². The van der Waals surface area contributed by atoms with Gasteiger partial charge in [0.2, 0.25) is 0 Å². The summed E-state index contributed by atoms with van der Waals surface area (Å²) in [6, 6.07) is 0.554. The van der Waals surface area contributed by atoms with Crippen molar-refractivity contribution in [3.8, 4) is 0 Å². The van der Waals surface area contributed by atoms with Crippen molar-refractivity contribution in [1.82, 2.24) is 10.6 Å². The van der Waals surface area contributed by atoms with Gasteiger partial charge in [-0.05, 0) is 19.3 Å². The molecule has 3 aliphatic rings. The Kier molecular flexibility index (Phi) is 1.94. The Balaban J connectivity index is 1.94. The van der Waals surface area contributed by atoms with E-state index in [-0.39, 0.29) is 12.1 Å². The van der Waals surface area contributed by atoms with Crippen LogP contribution in [0.2, 0.25) is 0 Å². The first-order valence-corrected chi connectivity index (χ1v) is 5.64. The molecule has 3 heteroatoms. The molecule has 0 aromatic heterocycles. The van der Waals surface area contributed by atoms with Gasteiger partial charge in [-0.2, -0.15) is 0 Å². The van der Waals surface area contributed by atoms with E-state index in [2.05, 4.69) is 16.7 Å². The van der Waals surface area contributed by atoms with Crippen LogP contribution in [0.15, 0.2) is 11.6 Å². The molecule has 0 aromatic rings. The lowest BCUT2D eigenvalue weighted by Gasteiger charge is -2.40. The Hall–Kier alpha value is -0.380. The molecule has 0 amide bonds. The predicted molar refractivity (Wildman–Crippen MR) is 55.0 cm³/mol. The van der Waals surface area contributed by atoms with Gasteiger partial charge in [-0.25, -0.2) is 0 Å². The van der Waals surface area contributed by atoms with Crippen molar-refractivity contribution in [3.63, 3.8) is 0 Å². The zero-order chi connectivity index (χ0) is 9.60. The van der Waals surface area contributed by atoms with Gasteiger partial charge in [-0.3, -0.25) is 0 Å². The molecule has 2 heterocycles. The van der Waals surface area contributed by atoms with Gasteiger partial charge in [0.25, 0.3) is 0 Å². The van der Waals surface area contributed by atoms with Crippen molar-refractivity contribution in [2.45, 2.75) is 30.8 Å². The molecular weight excluding hydrogens is 176 g/mol. The average molecular weight is 194 g/mol. The van der Waals surface area contributed by atoms with Gasteiger partial charge in [-0.1, -0.05) is 11.6 Å². The summed E-state index contributed by atoms with van der Waals surface area (Å²) in [6.07, 6.45) is 6.24. The molecule has 1 saturated heterocycles. The fourth-order valence-electron chi connectivity index (χ4n) is 3.21. The van der Waals surface area contributed by atoms with Crippen LogP contribution in [-0.4, -0.2) is 36.4 Å². The molecule has 2 fully saturated rings. The summed E-state index contributed by atoms with van der Waals surface area (Å²) in [5.41, 5.74) is 1.53. The average Bonchev–Trinajstić information content (AvgIpc) is 2.78. The molecule has 0 unspecified atom stereocenters. The molecule has 2 aliphatic heterocycles. The van der Waals surface area contributed by atoms with Crippen molar-refractivity contribution in [1.29, 1.82) is 0 Å². The van der Waals surface area contributed by atoms with Gasteiger partial charge in [0.05, 0.1) is 12.1 Å². The highest BCUT2D eigenvalue weighted by Crippen LogP contribution is 2.37. The summed E-state index contributed by atoms with van der Waals surface area (Å²) < 4.78 is 0. The second-order valence-electron chi connectivity index (χ2n) is 4.88. The second-order valence-corrected chi connectivity index (χ2v) is 4.88. The summed E-state index contributed by atoms with van der Waals surface area (Å²) >= 11 is 0. The standard InChI is InChI=1S/C11H18N2O/c14-7-11-6-12-5-9(11)4-8-2-1-3-10(8)13-11/h4,9-10,12-14H,1-3,5-7H2/t9-,10-,11+/m0/s1. The van der Waals surface area contributed by atoms with Crippen LogP contribution < -0.4 is 10.6 Å². The van der Waals surface area contributed by atoms with E-state index in [1.54, 1.807) is 5.57 Å². The Morgan fingerprint density at radius 3 is 3.36 bits per heavy atom. The van der Waals surface area contributed by atoms with E-state index in [0.29, 0.717) is 12.0 Å². The molecule has 3 nitrogen and oxygen atoms in total. The number of hydrogen-bond acceptors (Lipinski definition) is 3. The van der Waals surface area contributed by atoms with Gasteiger partial charge in [0.15, 0.2) is 0 Å². The molecule has 1 saturated carbocycles. The van der Waals surface area contributed by atoms with Gasteiger partial charge in [0, 0.05) is 25.0 Å². The molecular formula is C11H18N2O. The first-order valence-electron chi connectivity index (χ1n) is 5.64. The molecule has 3 N–H and O–H groups in total. The van der Waals surface area contributed by atoms with Gasteiger partial charge < -0.3 is 15.7 Å². The molecule has 78 valence electrons. The maximum absolute atomic E-state index is 9.54. The summed E-state index contributed by atoms with van der Waals surface area (Å²) in [5.74, 6) is 0.497. The molecule has 3 rings (SSSR count). The minimum Gasteiger partial charge on any atom is -0.394 e. The van der Waals surface area contributed by atoms with Crippen LogP contribution in [-0.2, 0) is 0 Å². The predicted octanol–water partition coefficient (Wildman–Crippen LogP) is 0.0190. The van der Waals surface area contributed by atoms with Gasteiger partial charge >= 0.3 is 0 Å². The van der Waals surface area contributed by atoms with Crippen molar-refractivity contribution in [2.75, 3.05) is 19.7 Å². The third-order valence-corrected chi connectivity index (χ3v) is 4.08. The van der Waals surface area contributed by atoms with Crippen molar-refractivity contribution in [2.24, 2.45) is 5.92 Å². The van der Waals surface area contributed by atoms with Crippen LogP contribution in [0.5, 0.6) is 0 Å². The maximum Gasteiger partial charge on any atom is 0.0632 e. The lowest BCUT2D eigenvalue weighted by Crippen LogP contribution is -2.60. The largest absolute Gasteiger partial charge is 0.394 e. The van der Waals surface area contributed by atoms with Gasteiger partial charge in [-0.15, -0.1) is 0 Å². The molecule has 0 spiro atoms. The number of aliphatic hydroxyl groups is 1. The lowest BCUT2D eigenvalue weighted by molar-refractivity contribution is 0.137. The summed E-state index contributed by atoms with van der Waals surface area (Å²) in [4.78, 5) is 0. The lowest BCUT2D eigenvalue weighted by atomic mass is 9.81. The molecule has 1 aliphatic carbocycles. The molecule has 14 heavy (non-hydrogen) atoms. The van der Waals surface area contributed by atoms with Crippen LogP contribution in [0.1, 0.15) is 19.3 Å². The van der Waals surface area contributed by atoms with E-state index < -0.39 is 0 Å². The number of rotatable bonds is 1. The fourth-order valence-corrected chi connectivity index (χ4v) is 3.21. The highest BCUT2D eigenvalue weighted by molar-refractivity contribution is 5.27. The molecule has 0 radical (unpaired) electrons. The molecule has 0 aromatic carbocycles. The maximum atomic E-state index is 9.54. The molecule has 0 bridgehead atoms. The Morgan fingerprint density at radius 1 is 1.57 bits per heavy atom. The third kappa shape index (κ3) is 1.09. The topological polar surface area (TPSA) is 44.3 Å². The van der Waals surface area contributed by atoms with Crippen LogP contribution in [0.3, 0.4) is 0 Å².